The van der Waals surface area contributed by atoms with Crippen molar-refractivity contribution < 1.29 is 12.8 Å². The molecule has 0 saturated heterocycles. The van der Waals surface area contributed by atoms with Gasteiger partial charge in [-0.15, -0.1) is 0 Å². The lowest BCUT2D eigenvalue weighted by atomic mass is 9.98. The molecule has 3 rings (SSSR count). The number of nitriles is 1. The number of aromatic nitrogens is 1. The second-order valence-electron chi connectivity index (χ2n) is 5.62. The maximum Gasteiger partial charge on any atom is 0.263 e. The Kier molecular flexibility index (Phi) is 4.56. The number of hydrogen-bond donors (Lipinski definition) is 2. The number of sulfonamides is 1. The van der Waals surface area contributed by atoms with Gasteiger partial charge in [0.15, 0.2) is 0 Å². The first-order chi connectivity index (χ1) is 11.4. The highest BCUT2D eigenvalue weighted by atomic mass is 32.2. The zero-order chi connectivity index (χ0) is 17.3. The van der Waals surface area contributed by atoms with Crippen molar-refractivity contribution in [3.05, 3.63) is 47.0 Å². The van der Waals surface area contributed by atoms with Crippen molar-refractivity contribution in [3.63, 3.8) is 0 Å². The first-order valence-corrected chi connectivity index (χ1v) is 10.2. The van der Waals surface area contributed by atoms with Gasteiger partial charge in [-0.1, -0.05) is 0 Å². The van der Waals surface area contributed by atoms with Crippen LogP contribution in [-0.2, 0) is 22.9 Å². The highest BCUT2D eigenvalue weighted by molar-refractivity contribution is 7.99. The first-order valence-electron chi connectivity index (χ1n) is 7.39. The van der Waals surface area contributed by atoms with Crippen LogP contribution in [0.3, 0.4) is 0 Å². The lowest BCUT2D eigenvalue weighted by Gasteiger charge is -2.21. The van der Waals surface area contributed by atoms with Gasteiger partial charge >= 0.3 is 0 Å². The number of hydrogen-bond acceptors (Lipinski definition) is 4. The summed E-state index contributed by atoms with van der Waals surface area (Å²) in [6.45, 7) is 0. The molecule has 2 N–H and O–H groups in total. The predicted octanol–water partition coefficient (Wildman–Crippen LogP) is 3.05. The van der Waals surface area contributed by atoms with E-state index in [4.69, 9.17) is 5.26 Å². The quantitative estimate of drug-likeness (QED) is 0.872. The van der Waals surface area contributed by atoms with Crippen molar-refractivity contribution in [2.75, 3.05) is 11.0 Å². The van der Waals surface area contributed by atoms with Crippen molar-refractivity contribution in [1.82, 2.24) is 4.98 Å². The van der Waals surface area contributed by atoms with Crippen LogP contribution >= 0.6 is 11.8 Å². The van der Waals surface area contributed by atoms with Gasteiger partial charge < -0.3 is 4.98 Å². The fraction of sp³-hybridized carbons (Fsp3) is 0.312. The molecular formula is C16H16FN3O2S2. The summed E-state index contributed by atoms with van der Waals surface area (Å²) in [4.78, 5) is 3.21. The fourth-order valence-electron chi connectivity index (χ4n) is 2.87. The molecule has 0 radical (unpaired) electrons. The molecule has 1 heterocycles. The van der Waals surface area contributed by atoms with Crippen LogP contribution in [0.15, 0.2) is 29.3 Å². The molecule has 5 nitrogen and oxygen atoms in total. The predicted molar refractivity (Wildman–Crippen MR) is 92.0 cm³/mol. The van der Waals surface area contributed by atoms with Gasteiger partial charge in [-0.3, -0.25) is 4.72 Å². The number of H-pyrrole nitrogens is 1. The normalized spacial score (nSPS) is 17.1. The summed E-state index contributed by atoms with van der Waals surface area (Å²) >= 11 is 1.77. The van der Waals surface area contributed by atoms with E-state index in [1.54, 1.807) is 11.8 Å². The monoisotopic (exact) mass is 365 g/mol. The SMILES string of the molecule is CSC1CCc2c(S(=O)(=O)Nc3ccc(C#N)cc3F)c[nH]c2C1. The van der Waals surface area contributed by atoms with Crippen LogP contribution in [0.4, 0.5) is 10.1 Å². The minimum Gasteiger partial charge on any atom is -0.363 e. The summed E-state index contributed by atoms with van der Waals surface area (Å²) in [6.07, 6.45) is 5.91. The molecule has 2 aromatic rings. The molecule has 0 fully saturated rings. The van der Waals surface area contributed by atoms with Crippen LogP contribution in [-0.4, -0.2) is 24.9 Å². The number of anilines is 1. The number of aromatic amines is 1. The smallest absolute Gasteiger partial charge is 0.263 e. The molecule has 1 atom stereocenters. The van der Waals surface area contributed by atoms with Crippen molar-refractivity contribution in [2.45, 2.75) is 29.4 Å². The summed E-state index contributed by atoms with van der Waals surface area (Å²) in [5.41, 5.74) is 1.68. The number of nitrogens with one attached hydrogen (secondary N) is 2. The molecule has 1 aliphatic rings. The first kappa shape index (κ1) is 16.9. The summed E-state index contributed by atoms with van der Waals surface area (Å²) in [5, 5.41) is 9.23. The summed E-state index contributed by atoms with van der Waals surface area (Å²) in [5.74, 6) is -0.774. The molecule has 24 heavy (non-hydrogen) atoms. The van der Waals surface area contributed by atoms with E-state index in [2.05, 4.69) is 9.71 Å². The Bertz CT molecular complexity index is 916. The Labute approximate surface area is 144 Å². The molecule has 1 aromatic carbocycles. The van der Waals surface area contributed by atoms with Crippen LogP contribution in [0.2, 0.25) is 0 Å². The van der Waals surface area contributed by atoms with Crippen LogP contribution in [0.5, 0.6) is 0 Å². The van der Waals surface area contributed by atoms with E-state index in [0.717, 1.165) is 30.2 Å². The van der Waals surface area contributed by atoms with Gasteiger partial charge in [0.25, 0.3) is 10.0 Å². The summed E-state index contributed by atoms with van der Waals surface area (Å²) in [6, 6.07) is 5.45. The van der Waals surface area contributed by atoms with Gasteiger partial charge in [-0.25, -0.2) is 12.8 Å². The standard InChI is InChI=1S/C16H16FN3O2S2/c1-23-11-3-4-12-15(7-11)19-9-16(12)24(21,22)20-14-5-2-10(8-18)6-13(14)17/h2,5-6,9,11,19-20H,3-4,7H2,1H3. The molecule has 0 aliphatic heterocycles. The number of rotatable bonds is 4. The van der Waals surface area contributed by atoms with E-state index >= 15 is 0 Å². The van der Waals surface area contributed by atoms with Crippen LogP contribution in [0.25, 0.3) is 0 Å². The molecule has 0 spiro atoms. The molecule has 126 valence electrons. The van der Waals surface area contributed by atoms with E-state index < -0.39 is 15.8 Å². The lowest BCUT2D eigenvalue weighted by molar-refractivity contribution is 0.596. The topological polar surface area (TPSA) is 85.8 Å². The summed E-state index contributed by atoms with van der Waals surface area (Å²) in [7, 11) is -3.89. The minimum absolute atomic E-state index is 0.137. The second kappa shape index (κ2) is 6.49. The Morgan fingerprint density at radius 3 is 2.92 bits per heavy atom. The van der Waals surface area contributed by atoms with E-state index in [1.165, 1.54) is 18.3 Å². The maximum atomic E-state index is 14.0. The maximum absolute atomic E-state index is 14.0. The number of benzene rings is 1. The van der Waals surface area contributed by atoms with Crippen LogP contribution in [0.1, 0.15) is 23.2 Å². The Hall–Kier alpha value is -1.98. The average molecular weight is 365 g/mol. The number of thioether (sulfide) groups is 1. The number of halogens is 1. The molecule has 1 aromatic heterocycles. The highest BCUT2D eigenvalue weighted by Gasteiger charge is 2.28. The third-order valence-electron chi connectivity index (χ3n) is 4.15. The molecule has 0 bridgehead atoms. The van der Waals surface area contributed by atoms with Gasteiger partial charge in [0.1, 0.15) is 10.7 Å². The second-order valence-corrected chi connectivity index (χ2v) is 8.41. The van der Waals surface area contributed by atoms with Gasteiger partial charge in [0, 0.05) is 17.1 Å². The van der Waals surface area contributed by atoms with Gasteiger partial charge in [0.05, 0.1) is 17.3 Å². The Morgan fingerprint density at radius 1 is 1.46 bits per heavy atom. The van der Waals surface area contributed by atoms with Gasteiger partial charge in [-0.2, -0.15) is 17.0 Å². The molecule has 1 unspecified atom stereocenters. The van der Waals surface area contributed by atoms with Gasteiger partial charge in [-0.05, 0) is 49.3 Å². The molecule has 1 aliphatic carbocycles. The van der Waals surface area contributed by atoms with E-state index in [0.29, 0.717) is 11.7 Å². The third-order valence-corrected chi connectivity index (χ3v) is 6.65. The highest BCUT2D eigenvalue weighted by Crippen LogP contribution is 2.32. The fourth-order valence-corrected chi connectivity index (χ4v) is 4.89. The van der Waals surface area contributed by atoms with Crippen molar-refractivity contribution >= 4 is 27.5 Å². The minimum atomic E-state index is -3.89. The lowest BCUT2D eigenvalue weighted by Crippen LogP contribution is -2.19. The van der Waals surface area contributed by atoms with Gasteiger partial charge in [0.2, 0.25) is 0 Å². The average Bonchev–Trinajstić information content (AvgIpc) is 3.00. The van der Waals surface area contributed by atoms with E-state index in [9.17, 15) is 12.8 Å². The largest absolute Gasteiger partial charge is 0.363 e. The van der Waals surface area contributed by atoms with E-state index in [1.807, 2.05) is 12.3 Å². The molecule has 0 saturated carbocycles. The van der Waals surface area contributed by atoms with Crippen molar-refractivity contribution in [1.29, 1.82) is 5.26 Å². The number of fused-ring (bicyclic) bond motifs is 1. The molecule has 8 heteroatoms. The van der Waals surface area contributed by atoms with Crippen molar-refractivity contribution in [2.24, 2.45) is 0 Å². The van der Waals surface area contributed by atoms with E-state index in [-0.39, 0.29) is 16.1 Å². The van der Waals surface area contributed by atoms with Crippen molar-refractivity contribution in [3.8, 4) is 6.07 Å². The Morgan fingerprint density at radius 2 is 2.25 bits per heavy atom. The van der Waals surface area contributed by atoms with Crippen LogP contribution < -0.4 is 4.72 Å². The van der Waals surface area contributed by atoms with Crippen LogP contribution in [0, 0.1) is 17.1 Å². The molecule has 0 amide bonds. The molecular weight excluding hydrogens is 349 g/mol. The summed E-state index contributed by atoms with van der Waals surface area (Å²) < 4.78 is 41.5. The zero-order valence-corrected chi connectivity index (χ0v) is 14.6. The third kappa shape index (κ3) is 3.14. The zero-order valence-electron chi connectivity index (χ0n) is 13.0. The number of nitrogens with zero attached hydrogens (tertiary/aromatic N) is 1. The Balaban J connectivity index is 1.90.